The number of amides is 2. The molecular formula is C17H23BrN4O2. The average Bonchev–Trinajstić information content (AvgIpc) is 3.22. The van der Waals surface area contributed by atoms with Crippen LogP contribution < -0.4 is 5.32 Å². The first-order valence-corrected chi connectivity index (χ1v) is 9.29. The van der Waals surface area contributed by atoms with E-state index in [0.717, 1.165) is 36.6 Å². The molecular weight excluding hydrogens is 372 g/mol. The molecule has 1 saturated heterocycles. The van der Waals surface area contributed by atoms with Crippen LogP contribution in [0.25, 0.3) is 0 Å². The van der Waals surface area contributed by atoms with Crippen molar-refractivity contribution in [3.05, 3.63) is 29.5 Å². The van der Waals surface area contributed by atoms with Gasteiger partial charge in [-0.15, -0.1) is 0 Å². The average molecular weight is 395 g/mol. The highest BCUT2D eigenvalue weighted by atomic mass is 79.9. The summed E-state index contributed by atoms with van der Waals surface area (Å²) < 4.78 is 2.89. The highest BCUT2D eigenvalue weighted by molar-refractivity contribution is 9.10. The Morgan fingerprint density at radius 1 is 1.33 bits per heavy atom. The molecule has 1 aromatic rings. The Morgan fingerprint density at radius 2 is 2.17 bits per heavy atom. The summed E-state index contributed by atoms with van der Waals surface area (Å²) in [5.41, 5.74) is 0. The van der Waals surface area contributed by atoms with E-state index in [0.29, 0.717) is 13.1 Å². The second kappa shape index (κ2) is 7.51. The molecule has 24 heavy (non-hydrogen) atoms. The number of piperidine rings is 1. The molecule has 1 aromatic heterocycles. The highest BCUT2D eigenvalue weighted by Crippen LogP contribution is 2.31. The predicted octanol–water partition coefficient (Wildman–Crippen LogP) is 2.28. The summed E-state index contributed by atoms with van der Waals surface area (Å²) in [5.74, 6) is -0.166. The molecule has 1 unspecified atom stereocenters. The zero-order valence-electron chi connectivity index (χ0n) is 13.7. The third-order valence-electron chi connectivity index (χ3n) is 5.00. The van der Waals surface area contributed by atoms with Crippen molar-refractivity contribution in [3.8, 4) is 0 Å². The van der Waals surface area contributed by atoms with Gasteiger partial charge in [-0.05, 0) is 54.1 Å². The number of likely N-dealkylation sites (tertiary alicyclic amines) is 1. The van der Waals surface area contributed by atoms with Crippen molar-refractivity contribution >= 4 is 27.7 Å². The summed E-state index contributed by atoms with van der Waals surface area (Å²) in [4.78, 5) is 26.2. The van der Waals surface area contributed by atoms with Gasteiger partial charge in [0.1, 0.15) is 0 Å². The van der Waals surface area contributed by atoms with Crippen LogP contribution in [0.1, 0.15) is 38.1 Å². The molecule has 2 amide bonds. The van der Waals surface area contributed by atoms with Crippen molar-refractivity contribution in [3.63, 3.8) is 0 Å². The lowest BCUT2D eigenvalue weighted by Gasteiger charge is -2.32. The van der Waals surface area contributed by atoms with Gasteiger partial charge in [0, 0.05) is 19.3 Å². The van der Waals surface area contributed by atoms with Crippen molar-refractivity contribution in [2.24, 2.45) is 5.92 Å². The first-order valence-electron chi connectivity index (χ1n) is 8.50. The highest BCUT2D eigenvalue weighted by Gasteiger charge is 2.34. The van der Waals surface area contributed by atoms with Gasteiger partial charge in [0.2, 0.25) is 11.8 Å². The Balaban J connectivity index is 1.61. The van der Waals surface area contributed by atoms with Gasteiger partial charge in [-0.1, -0.05) is 6.58 Å². The van der Waals surface area contributed by atoms with E-state index in [4.69, 9.17) is 0 Å². The molecule has 6 nitrogen and oxygen atoms in total. The Kier molecular flexibility index (Phi) is 5.38. The fourth-order valence-electron chi connectivity index (χ4n) is 3.74. The van der Waals surface area contributed by atoms with Gasteiger partial charge in [0.25, 0.3) is 0 Å². The van der Waals surface area contributed by atoms with Gasteiger partial charge in [-0.3, -0.25) is 14.3 Å². The maximum atomic E-state index is 12.7. The molecule has 1 N–H and O–H groups in total. The van der Waals surface area contributed by atoms with E-state index in [9.17, 15) is 9.59 Å². The largest absolute Gasteiger partial charge is 0.351 e. The van der Waals surface area contributed by atoms with E-state index in [1.54, 1.807) is 11.1 Å². The minimum Gasteiger partial charge on any atom is -0.351 e. The van der Waals surface area contributed by atoms with E-state index < -0.39 is 0 Å². The van der Waals surface area contributed by atoms with Crippen molar-refractivity contribution < 1.29 is 9.59 Å². The van der Waals surface area contributed by atoms with Crippen LogP contribution in [0, 0.1) is 5.92 Å². The van der Waals surface area contributed by atoms with Crippen molar-refractivity contribution in [2.45, 2.75) is 44.2 Å². The van der Waals surface area contributed by atoms with Gasteiger partial charge < -0.3 is 10.2 Å². The molecule has 0 radical (unpaired) electrons. The molecule has 1 aliphatic carbocycles. The lowest BCUT2D eigenvalue weighted by Crippen LogP contribution is -2.48. The van der Waals surface area contributed by atoms with Crippen molar-refractivity contribution in [2.75, 3.05) is 13.1 Å². The summed E-state index contributed by atoms with van der Waals surface area (Å²) in [7, 11) is 0. The molecule has 0 aromatic carbocycles. The number of nitrogens with one attached hydrogen (secondary N) is 1. The first kappa shape index (κ1) is 17.2. The number of hydrogen-bond donors (Lipinski definition) is 1. The maximum absolute atomic E-state index is 12.7. The zero-order valence-corrected chi connectivity index (χ0v) is 15.2. The third kappa shape index (κ3) is 3.71. The van der Waals surface area contributed by atoms with Crippen LogP contribution in [0.4, 0.5) is 0 Å². The predicted molar refractivity (Wildman–Crippen MR) is 94.2 cm³/mol. The lowest BCUT2D eigenvalue weighted by atomic mass is 9.96. The number of carbonyl (C=O) groups is 2. The summed E-state index contributed by atoms with van der Waals surface area (Å²) in [6.07, 6.45) is 9.81. The molecule has 3 atom stereocenters. The fourth-order valence-corrected chi connectivity index (χ4v) is 4.04. The normalized spacial score (nSPS) is 27.0. The van der Waals surface area contributed by atoms with Crippen LogP contribution in [-0.4, -0.2) is 45.6 Å². The van der Waals surface area contributed by atoms with Crippen LogP contribution >= 0.6 is 15.9 Å². The molecule has 3 rings (SSSR count). The second-order valence-electron chi connectivity index (χ2n) is 6.58. The van der Waals surface area contributed by atoms with Gasteiger partial charge in [-0.25, -0.2) is 0 Å². The van der Waals surface area contributed by atoms with E-state index in [-0.39, 0.29) is 29.8 Å². The van der Waals surface area contributed by atoms with E-state index in [2.05, 4.69) is 32.9 Å². The van der Waals surface area contributed by atoms with E-state index in [1.807, 2.05) is 10.9 Å². The molecule has 130 valence electrons. The summed E-state index contributed by atoms with van der Waals surface area (Å²) in [6.45, 7) is 4.73. The van der Waals surface area contributed by atoms with Crippen molar-refractivity contribution in [1.82, 2.24) is 20.0 Å². The molecule has 1 saturated carbocycles. The SMILES string of the molecule is C=CC(=O)N1CCCC(C(=O)N[C@H]2CCC[C@H]2n2cc(Br)cn2)C1. The number of rotatable bonds is 4. The molecule has 2 aliphatic rings. The van der Waals surface area contributed by atoms with Gasteiger partial charge >= 0.3 is 0 Å². The number of halogens is 1. The minimum absolute atomic E-state index is 0.0553. The fraction of sp³-hybridized carbons (Fsp3) is 0.588. The van der Waals surface area contributed by atoms with E-state index in [1.165, 1.54) is 6.08 Å². The number of carbonyl (C=O) groups excluding carboxylic acids is 2. The Labute approximate surface area is 150 Å². The van der Waals surface area contributed by atoms with Crippen LogP contribution in [0.5, 0.6) is 0 Å². The monoisotopic (exact) mass is 394 g/mol. The Bertz CT molecular complexity index is 630. The Morgan fingerprint density at radius 3 is 2.88 bits per heavy atom. The first-order chi connectivity index (χ1) is 11.6. The smallest absolute Gasteiger partial charge is 0.245 e. The summed E-state index contributed by atoms with van der Waals surface area (Å²) in [5, 5.41) is 7.57. The van der Waals surface area contributed by atoms with Gasteiger partial charge in [0.05, 0.1) is 28.7 Å². The van der Waals surface area contributed by atoms with E-state index >= 15 is 0 Å². The van der Waals surface area contributed by atoms with Gasteiger partial charge in [-0.2, -0.15) is 5.10 Å². The molecule has 7 heteroatoms. The molecule has 0 bridgehead atoms. The summed E-state index contributed by atoms with van der Waals surface area (Å²) in [6, 6.07) is 0.310. The lowest BCUT2D eigenvalue weighted by molar-refractivity contribution is -0.132. The standard InChI is InChI=1S/C17H23BrN4O2/c1-2-16(23)21-8-4-5-12(10-21)17(24)20-14-6-3-7-15(14)22-11-13(18)9-19-22/h2,9,11-12,14-15H,1,3-8,10H2,(H,20,24)/t12?,14-,15+/m0/s1. The minimum atomic E-state index is -0.131. The van der Waals surface area contributed by atoms with Crippen LogP contribution in [0.2, 0.25) is 0 Å². The molecule has 0 spiro atoms. The summed E-state index contributed by atoms with van der Waals surface area (Å²) >= 11 is 3.42. The number of nitrogens with zero attached hydrogens (tertiary/aromatic N) is 3. The second-order valence-corrected chi connectivity index (χ2v) is 7.50. The molecule has 1 aliphatic heterocycles. The third-order valence-corrected chi connectivity index (χ3v) is 5.40. The van der Waals surface area contributed by atoms with Crippen molar-refractivity contribution in [1.29, 1.82) is 0 Å². The van der Waals surface area contributed by atoms with Crippen LogP contribution in [-0.2, 0) is 9.59 Å². The zero-order chi connectivity index (χ0) is 17.1. The van der Waals surface area contributed by atoms with Gasteiger partial charge in [0.15, 0.2) is 0 Å². The van der Waals surface area contributed by atoms with Crippen LogP contribution in [0.3, 0.4) is 0 Å². The molecule has 2 heterocycles. The quantitative estimate of drug-likeness (QED) is 0.796. The number of aromatic nitrogens is 2. The Hall–Kier alpha value is -1.63. The maximum Gasteiger partial charge on any atom is 0.245 e. The topological polar surface area (TPSA) is 67.2 Å². The van der Waals surface area contributed by atoms with Crippen LogP contribution in [0.15, 0.2) is 29.5 Å². The molecule has 2 fully saturated rings. The number of hydrogen-bond acceptors (Lipinski definition) is 3.